The van der Waals surface area contributed by atoms with Gasteiger partial charge in [0, 0.05) is 23.3 Å². The summed E-state index contributed by atoms with van der Waals surface area (Å²) in [4.78, 5) is 18.8. The fraction of sp³-hybridized carbons (Fsp3) is 0.429. The fourth-order valence-electron chi connectivity index (χ4n) is 7.26. The van der Waals surface area contributed by atoms with E-state index in [1.165, 1.54) is 53.5 Å². The zero-order chi connectivity index (χ0) is 27.6. The van der Waals surface area contributed by atoms with Gasteiger partial charge in [0.05, 0.1) is 18.6 Å². The van der Waals surface area contributed by atoms with Crippen LogP contribution in [0.4, 0.5) is 0 Å². The minimum Gasteiger partial charge on any atom is -0.394 e. The summed E-state index contributed by atoms with van der Waals surface area (Å²) in [5, 5.41) is 14.6. The van der Waals surface area contributed by atoms with Gasteiger partial charge in [0.1, 0.15) is 5.65 Å². The van der Waals surface area contributed by atoms with Crippen LogP contribution in [0.25, 0.3) is 11.0 Å². The largest absolute Gasteiger partial charge is 0.394 e. The Balaban J connectivity index is 1.28. The summed E-state index contributed by atoms with van der Waals surface area (Å²) >= 11 is 0. The molecular weight excluding hydrogens is 494 g/mol. The number of amides is 1. The van der Waals surface area contributed by atoms with E-state index in [-0.39, 0.29) is 18.4 Å². The molecule has 40 heavy (non-hydrogen) atoms. The molecule has 2 aromatic heterocycles. The second-order valence-corrected chi connectivity index (χ2v) is 11.9. The first-order chi connectivity index (χ1) is 19.5. The number of carbonyl (C=O) groups is 1. The molecule has 1 fully saturated rings. The predicted molar refractivity (Wildman–Crippen MR) is 161 cm³/mol. The summed E-state index contributed by atoms with van der Waals surface area (Å²) < 4.78 is 2.45. The van der Waals surface area contributed by atoms with Gasteiger partial charge in [0.15, 0.2) is 0 Å². The van der Waals surface area contributed by atoms with Crippen molar-refractivity contribution < 1.29 is 9.90 Å². The summed E-state index contributed by atoms with van der Waals surface area (Å²) in [6.07, 6.45) is 9.22. The fourth-order valence-corrected chi connectivity index (χ4v) is 7.26. The maximum Gasteiger partial charge on any atom is 0.228 e. The lowest BCUT2D eigenvalue weighted by Crippen LogP contribution is -2.37. The van der Waals surface area contributed by atoms with Crippen LogP contribution < -0.4 is 5.32 Å². The summed E-state index contributed by atoms with van der Waals surface area (Å²) in [7, 11) is 0. The highest BCUT2D eigenvalue weighted by Gasteiger charge is 2.33. The van der Waals surface area contributed by atoms with Gasteiger partial charge >= 0.3 is 0 Å². The summed E-state index contributed by atoms with van der Waals surface area (Å²) in [5.74, 6) is 0.140. The average Bonchev–Trinajstić information content (AvgIpc) is 3.60. The van der Waals surface area contributed by atoms with E-state index < -0.39 is 6.04 Å². The molecule has 2 aliphatic carbocycles. The molecule has 1 amide bonds. The molecule has 2 aliphatic rings. The van der Waals surface area contributed by atoms with Crippen molar-refractivity contribution in [1.82, 2.24) is 14.9 Å². The van der Waals surface area contributed by atoms with Crippen LogP contribution in [-0.4, -0.2) is 27.2 Å². The first kappa shape index (κ1) is 26.8. The number of hydrogen-bond acceptors (Lipinski definition) is 3. The quantitative estimate of drug-likeness (QED) is 0.264. The van der Waals surface area contributed by atoms with Gasteiger partial charge in [-0.05, 0) is 92.2 Å². The van der Waals surface area contributed by atoms with Crippen LogP contribution in [0.1, 0.15) is 89.7 Å². The number of nitrogens with one attached hydrogen (secondary N) is 1. The molecule has 2 aromatic carbocycles. The molecule has 6 rings (SSSR count). The summed E-state index contributed by atoms with van der Waals surface area (Å²) in [6.45, 7) is 4.99. The number of aliphatic hydroxyl groups is 1. The van der Waals surface area contributed by atoms with Gasteiger partial charge < -0.3 is 15.0 Å². The zero-order valence-electron chi connectivity index (χ0n) is 23.8. The molecule has 5 heteroatoms. The molecule has 5 nitrogen and oxygen atoms in total. The van der Waals surface area contributed by atoms with Crippen molar-refractivity contribution in [2.45, 2.75) is 83.7 Å². The maximum atomic E-state index is 13.8. The number of carbonyl (C=O) groups excluding carboxylic acids is 1. The Morgan fingerprint density at radius 2 is 1.70 bits per heavy atom. The summed E-state index contributed by atoms with van der Waals surface area (Å²) in [5.41, 5.74) is 9.70. The van der Waals surface area contributed by atoms with Crippen molar-refractivity contribution in [3.05, 3.63) is 99.9 Å². The molecule has 2 N–H and O–H groups in total. The van der Waals surface area contributed by atoms with Crippen molar-refractivity contribution in [1.29, 1.82) is 0 Å². The highest BCUT2D eigenvalue weighted by molar-refractivity contribution is 5.86. The van der Waals surface area contributed by atoms with Crippen LogP contribution >= 0.6 is 0 Å². The third kappa shape index (κ3) is 5.19. The predicted octanol–water partition coefficient (Wildman–Crippen LogP) is 6.70. The Labute approximate surface area is 237 Å². The first-order valence-electron chi connectivity index (χ1n) is 15.1. The molecule has 208 valence electrons. The number of rotatable bonds is 8. The topological polar surface area (TPSA) is 67.2 Å². The standard InChI is InChI=1S/C35H41N3O2/c1-23-20-24(2)36-34-32(23)29-14-8-9-15-31(29)38(34)21-25-16-18-28(19-17-25)33(27-12-6-7-13-27)35(40)37-30(22-39)26-10-4-3-5-11-26/h3-5,10-11,16-20,27,30,33,39H,6-9,12-15,21-22H2,1-2H3,(H,37,40)/t30-,33-/m1/s1. The summed E-state index contributed by atoms with van der Waals surface area (Å²) in [6, 6.07) is 20.3. The lowest BCUT2D eigenvalue weighted by atomic mass is 9.83. The van der Waals surface area contributed by atoms with Crippen LogP contribution in [0.15, 0.2) is 60.7 Å². The van der Waals surface area contributed by atoms with E-state index >= 15 is 0 Å². The highest BCUT2D eigenvalue weighted by atomic mass is 16.3. The number of aliphatic hydroxyl groups excluding tert-OH is 1. The second-order valence-electron chi connectivity index (χ2n) is 11.9. The molecule has 0 bridgehead atoms. The van der Waals surface area contributed by atoms with Gasteiger partial charge in [-0.2, -0.15) is 0 Å². The Morgan fingerprint density at radius 1 is 0.975 bits per heavy atom. The van der Waals surface area contributed by atoms with Gasteiger partial charge in [-0.15, -0.1) is 0 Å². The number of aromatic nitrogens is 2. The molecule has 4 aromatic rings. The smallest absolute Gasteiger partial charge is 0.228 e. The van der Waals surface area contributed by atoms with Crippen molar-refractivity contribution in [2.24, 2.45) is 5.92 Å². The van der Waals surface area contributed by atoms with E-state index in [4.69, 9.17) is 4.98 Å². The van der Waals surface area contributed by atoms with Crippen molar-refractivity contribution in [3.63, 3.8) is 0 Å². The maximum absolute atomic E-state index is 13.8. The van der Waals surface area contributed by atoms with Gasteiger partial charge in [-0.1, -0.05) is 67.4 Å². The van der Waals surface area contributed by atoms with Crippen LogP contribution in [-0.2, 0) is 24.2 Å². The monoisotopic (exact) mass is 535 g/mol. The highest BCUT2D eigenvalue weighted by Crippen LogP contribution is 2.39. The van der Waals surface area contributed by atoms with Gasteiger partial charge in [0.25, 0.3) is 0 Å². The minimum atomic E-state index is -0.399. The third-order valence-corrected chi connectivity index (χ3v) is 9.18. The molecule has 0 aliphatic heterocycles. The van der Waals surface area contributed by atoms with E-state index in [9.17, 15) is 9.90 Å². The van der Waals surface area contributed by atoms with E-state index in [1.54, 1.807) is 0 Å². The molecule has 0 radical (unpaired) electrons. The Morgan fingerprint density at radius 3 is 2.42 bits per heavy atom. The van der Waals surface area contributed by atoms with Crippen molar-refractivity contribution in [2.75, 3.05) is 6.61 Å². The minimum absolute atomic E-state index is 0.0168. The van der Waals surface area contributed by atoms with E-state index in [1.807, 2.05) is 30.3 Å². The number of hydrogen-bond donors (Lipinski definition) is 2. The molecule has 2 atom stereocenters. The zero-order valence-corrected chi connectivity index (χ0v) is 23.8. The van der Waals surface area contributed by atoms with Crippen molar-refractivity contribution >= 4 is 16.9 Å². The molecule has 0 saturated heterocycles. The molecule has 1 saturated carbocycles. The van der Waals surface area contributed by atoms with Crippen LogP contribution in [0.3, 0.4) is 0 Å². The average molecular weight is 536 g/mol. The number of aryl methyl sites for hydroxylation is 3. The van der Waals surface area contributed by atoms with Gasteiger partial charge in [-0.25, -0.2) is 4.98 Å². The Hall–Kier alpha value is -3.44. The number of nitrogens with zero attached hydrogens (tertiary/aromatic N) is 2. The van der Waals surface area contributed by atoms with Crippen LogP contribution in [0.5, 0.6) is 0 Å². The van der Waals surface area contributed by atoms with Gasteiger partial charge in [-0.3, -0.25) is 4.79 Å². The van der Waals surface area contributed by atoms with Crippen LogP contribution in [0, 0.1) is 19.8 Å². The number of pyridine rings is 1. The lowest BCUT2D eigenvalue weighted by Gasteiger charge is -2.26. The number of benzene rings is 2. The van der Waals surface area contributed by atoms with Gasteiger partial charge in [0.2, 0.25) is 5.91 Å². The lowest BCUT2D eigenvalue weighted by molar-refractivity contribution is -0.124. The molecule has 0 spiro atoms. The van der Waals surface area contributed by atoms with Crippen LogP contribution in [0.2, 0.25) is 0 Å². The number of fused-ring (bicyclic) bond motifs is 3. The van der Waals surface area contributed by atoms with E-state index in [0.717, 1.165) is 54.7 Å². The molecule has 0 unspecified atom stereocenters. The normalized spacial score (nSPS) is 17.1. The molecular formula is C35H41N3O2. The third-order valence-electron chi connectivity index (χ3n) is 9.18. The SMILES string of the molecule is Cc1cc(C)c2c3c(n(Cc4ccc([C@H](C(=O)N[C@H](CO)c5ccccc5)C5CCCC5)cc4)c2n1)CCCC3. The Bertz CT molecular complexity index is 1480. The van der Waals surface area contributed by atoms with E-state index in [2.05, 4.69) is 54.1 Å². The first-order valence-corrected chi connectivity index (χ1v) is 15.1. The van der Waals surface area contributed by atoms with Crippen molar-refractivity contribution in [3.8, 4) is 0 Å². The van der Waals surface area contributed by atoms with E-state index in [0.29, 0.717) is 5.92 Å². The second kappa shape index (κ2) is 11.6. The Kier molecular flexibility index (Phi) is 7.75. The molecule has 2 heterocycles.